The molecule has 0 saturated heterocycles. The van der Waals surface area contributed by atoms with E-state index in [1.807, 2.05) is 18.2 Å². The Morgan fingerprint density at radius 1 is 1.00 bits per heavy atom. The van der Waals surface area contributed by atoms with Crippen LogP contribution in [0, 0.1) is 0 Å². The lowest BCUT2D eigenvalue weighted by Crippen LogP contribution is -2.43. The molecule has 206 valence electrons. The number of aromatic amines is 2. The summed E-state index contributed by atoms with van der Waals surface area (Å²) >= 11 is 0. The molecule has 0 bridgehead atoms. The zero-order valence-electron chi connectivity index (χ0n) is 23.1. The van der Waals surface area contributed by atoms with E-state index in [0.717, 1.165) is 18.2 Å². The highest BCUT2D eigenvalue weighted by Gasteiger charge is 2.25. The molecule has 1 fully saturated rings. The third-order valence-corrected chi connectivity index (χ3v) is 7.40. The average molecular weight is 522 g/mol. The van der Waals surface area contributed by atoms with Crippen LogP contribution in [0.5, 0.6) is 5.75 Å². The van der Waals surface area contributed by atoms with Crippen molar-refractivity contribution in [1.82, 2.24) is 35.1 Å². The number of methoxy groups -OCH3 is 1. The lowest BCUT2D eigenvalue weighted by Gasteiger charge is -2.37. The zero-order valence-corrected chi connectivity index (χ0v) is 23.1. The smallest absolute Gasteiger partial charge is 0.258 e. The molecule has 9 heteroatoms. The number of carbonyl (C=O) groups is 1. The molecular weight excluding hydrogens is 478 g/mol. The maximum absolute atomic E-state index is 13.6. The van der Waals surface area contributed by atoms with Crippen LogP contribution in [0.1, 0.15) is 79.9 Å². The molecule has 0 unspecified atom stereocenters. The van der Waals surface area contributed by atoms with Gasteiger partial charge in [0.25, 0.3) is 5.91 Å². The lowest BCUT2D eigenvalue weighted by molar-refractivity contribution is 0.0718. The number of nitrogens with one attached hydrogen (secondary N) is 3. The fourth-order valence-electron chi connectivity index (χ4n) is 5.48. The summed E-state index contributed by atoms with van der Waals surface area (Å²) in [4.78, 5) is 32.8. The molecular formula is C29H43N7O2. The molecule has 1 aromatic carbocycles. The summed E-state index contributed by atoms with van der Waals surface area (Å²) in [7, 11) is 1.62. The standard InChI is InChI=1S/C29H43N7O2/c1-4-16-35(17-5-2)24-9-7-23(8-10-24)34-19-22-6-11-25(26(18-22)38-3)29(37)36(20-27-30-12-13-31-27)21-28-32-14-15-33-28/h6,11-15,18,23-24,34H,4-5,7-10,16-17,19-21H2,1-3H3,(H,30,31)(H,32,33). The third kappa shape index (κ3) is 7.45. The molecule has 2 aromatic heterocycles. The average Bonchev–Trinajstić information content (AvgIpc) is 3.66. The van der Waals surface area contributed by atoms with Gasteiger partial charge in [-0.05, 0) is 69.3 Å². The number of rotatable bonds is 14. The minimum absolute atomic E-state index is 0.129. The molecule has 1 aliphatic carbocycles. The first-order chi connectivity index (χ1) is 18.6. The van der Waals surface area contributed by atoms with Crippen LogP contribution in [0.15, 0.2) is 43.0 Å². The fourth-order valence-corrected chi connectivity index (χ4v) is 5.48. The molecule has 3 aromatic rings. The number of imidazole rings is 2. The van der Waals surface area contributed by atoms with E-state index in [9.17, 15) is 4.79 Å². The summed E-state index contributed by atoms with van der Waals surface area (Å²) in [5, 5.41) is 3.75. The second kappa shape index (κ2) is 14.1. The quantitative estimate of drug-likeness (QED) is 0.289. The summed E-state index contributed by atoms with van der Waals surface area (Å²) in [6.07, 6.45) is 14.3. The molecule has 38 heavy (non-hydrogen) atoms. The van der Waals surface area contributed by atoms with E-state index in [0.29, 0.717) is 42.1 Å². The first-order valence-electron chi connectivity index (χ1n) is 14.0. The van der Waals surface area contributed by atoms with Crippen LogP contribution in [-0.4, -0.2) is 67.9 Å². The van der Waals surface area contributed by atoms with Gasteiger partial charge in [-0.25, -0.2) is 9.97 Å². The van der Waals surface area contributed by atoms with E-state index >= 15 is 0 Å². The first-order valence-corrected chi connectivity index (χ1v) is 14.0. The van der Waals surface area contributed by atoms with Crippen molar-refractivity contribution in [1.29, 1.82) is 0 Å². The minimum Gasteiger partial charge on any atom is -0.496 e. The van der Waals surface area contributed by atoms with Gasteiger partial charge in [-0.15, -0.1) is 0 Å². The number of H-pyrrole nitrogens is 2. The highest BCUT2D eigenvalue weighted by molar-refractivity contribution is 5.97. The molecule has 1 saturated carbocycles. The van der Waals surface area contributed by atoms with Crippen LogP contribution in [-0.2, 0) is 19.6 Å². The number of benzene rings is 1. The normalized spacial score (nSPS) is 17.6. The number of amides is 1. The Morgan fingerprint density at radius 3 is 2.16 bits per heavy atom. The van der Waals surface area contributed by atoms with Crippen LogP contribution in [0.2, 0.25) is 0 Å². The Morgan fingerprint density at radius 2 is 1.63 bits per heavy atom. The van der Waals surface area contributed by atoms with Crippen molar-refractivity contribution in [3.8, 4) is 5.75 Å². The second-order valence-electron chi connectivity index (χ2n) is 10.2. The highest BCUT2D eigenvalue weighted by Crippen LogP contribution is 2.26. The second-order valence-corrected chi connectivity index (χ2v) is 10.2. The van der Waals surface area contributed by atoms with E-state index in [2.05, 4.69) is 44.0 Å². The van der Waals surface area contributed by atoms with Crippen molar-refractivity contribution in [3.05, 3.63) is 65.8 Å². The molecule has 4 rings (SSSR count). The van der Waals surface area contributed by atoms with Gasteiger partial charge in [0.1, 0.15) is 17.4 Å². The van der Waals surface area contributed by atoms with Gasteiger partial charge in [0.05, 0.1) is 25.8 Å². The molecule has 0 aliphatic heterocycles. The van der Waals surface area contributed by atoms with Gasteiger partial charge in [0, 0.05) is 43.4 Å². The monoisotopic (exact) mass is 521 g/mol. The predicted molar refractivity (Wildman–Crippen MR) is 149 cm³/mol. The van der Waals surface area contributed by atoms with E-state index < -0.39 is 0 Å². The van der Waals surface area contributed by atoms with Gasteiger partial charge in [0.2, 0.25) is 0 Å². The summed E-state index contributed by atoms with van der Waals surface area (Å²) in [6.45, 7) is 8.42. The molecule has 1 amide bonds. The van der Waals surface area contributed by atoms with Crippen molar-refractivity contribution >= 4 is 5.91 Å². The summed E-state index contributed by atoms with van der Waals surface area (Å²) < 4.78 is 5.68. The fraction of sp³-hybridized carbons (Fsp3) is 0.552. The van der Waals surface area contributed by atoms with Crippen molar-refractivity contribution in [2.75, 3.05) is 20.2 Å². The Balaban J connectivity index is 1.37. The Bertz CT molecular complexity index is 1050. The van der Waals surface area contributed by atoms with Crippen molar-refractivity contribution in [2.24, 2.45) is 0 Å². The summed E-state index contributed by atoms with van der Waals surface area (Å²) in [5.41, 5.74) is 1.64. The molecule has 0 spiro atoms. The highest BCUT2D eigenvalue weighted by atomic mass is 16.5. The van der Waals surface area contributed by atoms with Crippen LogP contribution < -0.4 is 10.1 Å². The largest absolute Gasteiger partial charge is 0.496 e. The van der Waals surface area contributed by atoms with Crippen molar-refractivity contribution < 1.29 is 9.53 Å². The van der Waals surface area contributed by atoms with Crippen molar-refractivity contribution in [2.45, 2.75) is 84.1 Å². The van der Waals surface area contributed by atoms with Gasteiger partial charge >= 0.3 is 0 Å². The number of nitrogens with zero attached hydrogens (tertiary/aromatic N) is 4. The summed E-state index contributed by atoms with van der Waals surface area (Å²) in [6, 6.07) is 7.13. The van der Waals surface area contributed by atoms with Gasteiger partial charge in [0.15, 0.2) is 0 Å². The number of hydrogen-bond acceptors (Lipinski definition) is 6. The Hall–Kier alpha value is -3.17. The van der Waals surface area contributed by atoms with E-state index in [-0.39, 0.29) is 5.91 Å². The zero-order chi connectivity index (χ0) is 26.7. The minimum atomic E-state index is -0.129. The number of ether oxygens (including phenoxy) is 1. The molecule has 0 radical (unpaired) electrons. The Labute approximate surface area is 226 Å². The van der Waals surface area contributed by atoms with E-state index in [1.54, 1.807) is 36.8 Å². The van der Waals surface area contributed by atoms with E-state index in [4.69, 9.17) is 4.74 Å². The van der Waals surface area contributed by atoms with Crippen LogP contribution in [0.3, 0.4) is 0 Å². The molecule has 3 N–H and O–H groups in total. The van der Waals surface area contributed by atoms with Crippen LogP contribution in [0.25, 0.3) is 0 Å². The van der Waals surface area contributed by atoms with Gasteiger partial charge < -0.3 is 29.8 Å². The summed E-state index contributed by atoms with van der Waals surface area (Å²) in [5.74, 6) is 1.88. The molecule has 9 nitrogen and oxygen atoms in total. The van der Waals surface area contributed by atoms with Crippen molar-refractivity contribution in [3.63, 3.8) is 0 Å². The van der Waals surface area contributed by atoms with Crippen LogP contribution in [0.4, 0.5) is 0 Å². The van der Waals surface area contributed by atoms with Gasteiger partial charge in [-0.2, -0.15) is 0 Å². The van der Waals surface area contributed by atoms with Gasteiger partial charge in [-0.3, -0.25) is 4.79 Å². The molecule has 0 atom stereocenters. The van der Waals surface area contributed by atoms with Gasteiger partial charge in [-0.1, -0.05) is 19.9 Å². The molecule has 2 heterocycles. The number of hydrogen-bond donors (Lipinski definition) is 3. The maximum atomic E-state index is 13.6. The lowest BCUT2D eigenvalue weighted by atomic mass is 9.89. The van der Waals surface area contributed by atoms with Crippen LogP contribution >= 0.6 is 0 Å². The third-order valence-electron chi connectivity index (χ3n) is 7.40. The predicted octanol–water partition coefficient (Wildman–Crippen LogP) is 4.51. The van der Waals surface area contributed by atoms with E-state index in [1.165, 1.54) is 51.6 Å². The first kappa shape index (κ1) is 27.9. The topological polar surface area (TPSA) is 102 Å². The SMILES string of the molecule is CCCN(CCC)C1CCC(NCc2ccc(C(=O)N(Cc3ncc[nH]3)Cc3ncc[nH]3)c(OC)c2)CC1. The number of carbonyl (C=O) groups excluding carboxylic acids is 1. The Kier molecular flexibility index (Phi) is 10.3. The maximum Gasteiger partial charge on any atom is 0.258 e. The molecule has 1 aliphatic rings. The number of aromatic nitrogens is 4.